The molecule has 2 aromatic rings. The van der Waals surface area contributed by atoms with Crippen molar-refractivity contribution < 1.29 is 0 Å². The third-order valence-electron chi connectivity index (χ3n) is 2.36. The van der Waals surface area contributed by atoms with E-state index in [1.165, 1.54) is 24.2 Å². The van der Waals surface area contributed by atoms with Crippen molar-refractivity contribution in [1.82, 2.24) is 4.98 Å². The molecule has 0 radical (unpaired) electrons. The third kappa shape index (κ3) is 4.27. The number of unbranched alkanes of at least 4 members (excludes halogenated alkanes) is 1. The summed E-state index contributed by atoms with van der Waals surface area (Å²) in [4.78, 5) is 6.41. The molecule has 5 heteroatoms. The average Bonchev–Trinajstić information content (AvgIpc) is 2.82. The lowest BCUT2D eigenvalue weighted by Gasteiger charge is -1.97. The Morgan fingerprint density at radius 3 is 2.79 bits per heavy atom. The van der Waals surface area contributed by atoms with E-state index in [1.54, 1.807) is 23.5 Å². The molecule has 0 bridgehead atoms. The van der Waals surface area contributed by atoms with Crippen molar-refractivity contribution >= 4 is 34.9 Å². The van der Waals surface area contributed by atoms with Crippen LogP contribution in [0, 0.1) is 11.3 Å². The maximum Gasteiger partial charge on any atom is 0.152 e. The minimum atomic E-state index is 0.716. The van der Waals surface area contributed by atoms with Crippen LogP contribution < -0.4 is 0 Å². The van der Waals surface area contributed by atoms with E-state index in [4.69, 9.17) is 0 Å². The predicted molar refractivity (Wildman–Crippen MR) is 83.0 cm³/mol. The van der Waals surface area contributed by atoms with Crippen LogP contribution in [0.25, 0.3) is 0 Å². The maximum atomic E-state index is 9.18. The van der Waals surface area contributed by atoms with Crippen LogP contribution in [0.3, 0.4) is 0 Å². The van der Waals surface area contributed by atoms with Crippen molar-refractivity contribution in [1.29, 1.82) is 5.26 Å². The van der Waals surface area contributed by atoms with Gasteiger partial charge in [0, 0.05) is 10.6 Å². The minimum Gasteiger partial charge on any atom is -0.222 e. The molecule has 2 nitrogen and oxygen atoms in total. The zero-order chi connectivity index (χ0) is 13.5. The van der Waals surface area contributed by atoms with E-state index in [9.17, 15) is 5.26 Å². The first-order valence-corrected chi connectivity index (χ1v) is 8.72. The van der Waals surface area contributed by atoms with Gasteiger partial charge >= 0.3 is 0 Å². The Bertz CT molecular complexity index is 558. The predicted octanol–water partition coefficient (Wildman–Crippen LogP) is 5.06. The van der Waals surface area contributed by atoms with E-state index in [2.05, 4.69) is 18.0 Å². The monoisotopic (exact) mass is 306 g/mol. The Balaban J connectivity index is 2.09. The first-order valence-electron chi connectivity index (χ1n) is 6.10. The normalized spacial score (nSPS) is 10.3. The molecule has 19 heavy (non-hydrogen) atoms. The van der Waals surface area contributed by atoms with Crippen LogP contribution in [0.15, 0.2) is 44.6 Å². The maximum absolute atomic E-state index is 9.18. The highest BCUT2D eigenvalue weighted by atomic mass is 32.2. The number of nitrogens with zero attached hydrogens (tertiary/aromatic N) is 2. The summed E-state index contributed by atoms with van der Waals surface area (Å²) in [7, 11) is 0. The summed E-state index contributed by atoms with van der Waals surface area (Å²) in [6, 6.07) is 12.3. The lowest BCUT2D eigenvalue weighted by atomic mass is 10.4. The summed E-state index contributed by atoms with van der Waals surface area (Å²) < 4.78 is 1.00. The van der Waals surface area contributed by atoms with Gasteiger partial charge in [0.2, 0.25) is 0 Å². The number of hydrogen-bond acceptors (Lipinski definition) is 5. The second kappa shape index (κ2) is 7.59. The van der Waals surface area contributed by atoms with E-state index < -0.39 is 0 Å². The Labute approximate surface area is 126 Å². The van der Waals surface area contributed by atoms with Gasteiger partial charge in [-0.05, 0) is 18.6 Å². The van der Waals surface area contributed by atoms with E-state index in [0.717, 1.165) is 20.0 Å². The van der Waals surface area contributed by atoms with E-state index in [-0.39, 0.29) is 0 Å². The van der Waals surface area contributed by atoms with Crippen molar-refractivity contribution in [2.45, 2.75) is 34.0 Å². The Morgan fingerprint density at radius 2 is 2.11 bits per heavy atom. The summed E-state index contributed by atoms with van der Waals surface area (Å²) in [6.07, 6.45) is 2.38. The average molecular weight is 306 g/mol. The van der Waals surface area contributed by atoms with Crippen molar-refractivity contribution in [2.75, 3.05) is 5.75 Å². The fraction of sp³-hybridized carbons (Fsp3) is 0.286. The van der Waals surface area contributed by atoms with Gasteiger partial charge in [-0.15, -0.1) is 0 Å². The highest BCUT2D eigenvalue weighted by Crippen LogP contribution is 2.36. The third-order valence-corrected chi connectivity index (χ3v) is 5.67. The van der Waals surface area contributed by atoms with Crippen molar-refractivity contribution in [2.24, 2.45) is 0 Å². The fourth-order valence-electron chi connectivity index (χ4n) is 1.39. The number of thioether (sulfide) groups is 1. The first kappa shape index (κ1) is 14.4. The molecule has 1 aromatic carbocycles. The highest BCUT2D eigenvalue weighted by molar-refractivity contribution is 8.01. The van der Waals surface area contributed by atoms with Gasteiger partial charge in [-0.1, -0.05) is 66.4 Å². The Hall–Kier alpha value is -0.960. The van der Waals surface area contributed by atoms with Crippen LogP contribution in [-0.2, 0) is 0 Å². The molecule has 0 aliphatic heterocycles. The zero-order valence-corrected chi connectivity index (χ0v) is 13.1. The summed E-state index contributed by atoms with van der Waals surface area (Å²) in [5.74, 6) is 1.07. The number of hydrogen-bond donors (Lipinski definition) is 0. The van der Waals surface area contributed by atoms with Gasteiger partial charge in [-0.2, -0.15) is 5.26 Å². The lowest BCUT2D eigenvalue weighted by Crippen LogP contribution is -1.79. The van der Waals surface area contributed by atoms with Gasteiger partial charge < -0.3 is 0 Å². The standard InChI is InChI=1S/C14H14N2S3/c1-2-3-9-17-14-16-13(12(10-15)19-14)18-11-7-5-4-6-8-11/h4-8H,2-3,9H2,1H3. The van der Waals surface area contributed by atoms with E-state index in [1.807, 2.05) is 30.3 Å². The van der Waals surface area contributed by atoms with Crippen molar-refractivity contribution in [3.8, 4) is 6.07 Å². The second-order valence-corrected chi connectivity index (χ2v) is 7.25. The molecule has 98 valence electrons. The van der Waals surface area contributed by atoms with Crippen LogP contribution in [0.1, 0.15) is 24.6 Å². The van der Waals surface area contributed by atoms with Crippen LogP contribution in [0.5, 0.6) is 0 Å². The summed E-state index contributed by atoms with van der Waals surface area (Å²) in [6.45, 7) is 2.18. The quantitative estimate of drug-likeness (QED) is 0.552. The number of rotatable bonds is 6. The summed E-state index contributed by atoms with van der Waals surface area (Å²) in [5, 5.41) is 10.0. The molecule has 1 heterocycles. The summed E-state index contributed by atoms with van der Waals surface area (Å²) in [5.41, 5.74) is 0. The van der Waals surface area contributed by atoms with E-state index in [0.29, 0.717) is 4.88 Å². The Kier molecular flexibility index (Phi) is 5.77. The van der Waals surface area contributed by atoms with Gasteiger partial charge in [0.25, 0.3) is 0 Å². The number of nitriles is 1. The van der Waals surface area contributed by atoms with Gasteiger partial charge in [0.1, 0.15) is 16.0 Å². The largest absolute Gasteiger partial charge is 0.222 e. The van der Waals surface area contributed by atoms with Crippen LogP contribution in [-0.4, -0.2) is 10.7 Å². The zero-order valence-electron chi connectivity index (χ0n) is 10.6. The van der Waals surface area contributed by atoms with Crippen molar-refractivity contribution in [3.05, 3.63) is 35.2 Å². The smallest absolute Gasteiger partial charge is 0.152 e. The molecule has 0 spiro atoms. The number of benzene rings is 1. The molecule has 2 rings (SSSR count). The minimum absolute atomic E-state index is 0.716. The van der Waals surface area contributed by atoms with Gasteiger partial charge in [-0.25, -0.2) is 4.98 Å². The lowest BCUT2D eigenvalue weighted by molar-refractivity contribution is 0.895. The van der Waals surface area contributed by atoms with Crippen LogP contribution in [0.4, 0.5) is 0 Å². The molecule has 0 aliphatic rings. The second-order valence-electron chi connectivity index (χ2n) is 3.84. The first-order chi connectivity index (χ1) is 9.33. The molecule has 0 aliphatic carbocycles. The van der Waals surface area contributed by atoms with Gasteiger partial charge in [0.05, 0.1) is 0 Å². The highest BCUT2D eigenvalue weighted by Gasteiger charge is 2.12. The molecule has 1 aromatic heterocycles. The summed E-state index contributed by atoms with van der Waals surface area (Å²) >= 11 is 4.81. The molecule has 0 atom stereocenters. The van der Waals surface area contributed by atoms with Crippen molar-refractivity contribution in [3.63, 3.8) is 0 Å². The molecular weight excluding hydrogens is 292 g/mol. The Morgan fingerprint density at radius 1 is 1.32 bits per heavy atom. The number of thiazole rings is 1. The number of aromatic nitrogens is 1. The SMILES string of the molecule is CCCCSc1nc(Sc2ccccc2)c(C#N)s1. The fourth-order valence-corrected chi connectivity index (χ4v) is 4.54. The van der Waals surface area contributed by atoms with E-state index >= 15 is 0 Å². The molecular formula is C14H14N2S3. The van der Waals surface area contributed by atoms with Gasteiger partial charge in [0.15, 0.2) is 4.34 Å². The van der Waals surface area contributed by atoms with Gasteiger partial charge in [-0.3, -0.25) is 0 Å². The molecule has 0 unspecified atom stereocenters. The molecule has 0 saturated carbocycles. The molecule has 0 saturated heterocycles. The molecule has 0 amide bonds. The topological polar surface area (TPSA) is 36.7 Å². The molecule has 0 N–H and O–H groups in total. The van der Waals surface area contributed by atoms with Crippen LogP contribution >= 0.6 is 34.9 Å². The van der Waals surface area contributed by atoms with Crippen LogP contribution in [0.2, 0.25) is 0 Å². The molecule has 0 fully saturated rings.